The number of hydrogen-bond acceptors (Lipinski definition) is 5. The summed E-state index contributed by atoms with van der Waals surface area (Å²) in [7, 11) is 1.53. The number of fused-ring (bicyclic) bond motifs is 1. The van der Waals surface area contributed by atoms with E-state index in [2.05, 4.69) is 15.8 Å². The second-order valence-electron chi connectivity index (χ2n) is 5.96. The number of aromatic nitrogens is 1. The number of likely N-dealkylation sites (N-methyl/N-ethyl adjacent to an activating group) is 1. The molecule has 0 saturated carbocycles. The first-order valence-electron chi connectivity index (χ1n) is 7.81. The predicted octanol–water partition coefficient (Wildman–Crippen LogP) is 1.51. The van der Waals surface area contributed by atoms with Gasteiger partial charge in [-0.05, 0) is 18.6 Å². The maximum atomic E-state index is 12.7. The van der Waals surface area contributed by atoms with Crippen LogP contribution in [0, 0.1) is 6.92 Å². The highest BCUT2D eigenvalue weighted by Gasteiger charge is 2.32. The molecule has 2 heterocycles. The van der Waals surface area contributed by atoms with Gasteiger partial charge in [0.1, 0.15) is 5.76 Å². The number of amides is 3. The molecule has 2 N–H and O–H groups in total. The maximum absolute atomic E-state index is 12.7. The molecule has 1 aromatic heterocycles. The minimum Gasteiger partial charge on any atom is -0.360 e. The Morgan fingerprint density at radius 3 is 2.88 bits per heavy atom. The van der Waals surface area contributed by atoms with Gasteiger partial charge < -0.3 is 20.1 Å². The van der Waals surface area contributed by atoms with E-state index < -0.39 is 11.8 Å². The summed E-state index contributed by atoms with van der Waals surface area (Å²) < 4.78 is 4.87. The van der Waals surface area contributed by atoms with Gasteiger partial charge in [0.2, 0.25) is 17.7 Å². The highest BCUT2D eigenvalue weighted by Crippen LogP contribution is 2.33. The Morgan fingerprint density at radius 1 is 1.40 bits per heavy atom. The number of nitrogens with one attached hydrogen (secondary N) is 2. The van der Waals surface area contributed by atoms with Crippen molar-refractivity contribution in [1.29, 1.82) is 0 Å². The first-order chi connectivity index (χ1) is 11.9. The molecule has 0 saturated heterocycles. The first-order valence-corrected chi connectivity index (χ1v) is 7.81. The molecule has 8 heteroatoms. The fourth-order valence-corrected chi connectivity index (χ4v) is 2.80. The van der Waals surface area contributed by atoms with Gasteiger partial charge in [0.25, 0.3) is 0 Å². The summed E-state index contributed by atoms with van der Waals surface area (Å²) in [6.45, 7) is 1.56. The molecule has 0 spiro atoms. The summed E-state index contributed by atoms with van der Waals surface area (Å²) >= 11 is 0. The highest BCUT2D eigenvalue weighted by atomic mass is 16.5. The van der Waals surface area contributed by atoms with Crippen molar-refractivity contribution in [3.8, 4) is 0 Å². The number of aryl methyl sites for hydroxylation is 1. The van der Waals surface area contributed by atoms with E-state index >= 15 is 0 Å². The van der Waals surface area contributed by atoms with E-state index in [0.29, 0.717) is 17.3 Å². The van der Waals surface area contributed by atoms with E-state index in [1.165, 1.54) is 11.9 Å². The van der Waals surface area contributed by atoms with Crippen molar-refractivity contribution in [3.63, 3.8) is 0 Å². The van der Waals surface area contributed by atoms with Crippen LogP contribution in [0.15, 0.2) is 34.9 Å². The largest absolute Gasteiger partial charge is 0.360 e. The van der Waals surface area contributed by atoms with Crippen LogP contribution in [0.4, 0.5) is 11.5 Å². The molecular weight excluding hydrogens is 324 g/mol. The fraction of sp³-hybridized carbons (Fsp3) is 0.294. The summed E-state index contributed by atoms with van der Waals surface area (Å²) in [4.78, 5) is 38.0. The Morgan fingerprint density at radius 2 is 2.16 bits per heavy atom. The number of rotatable bonds is 4. The Hall–Kier alpha value is -3.16. The zero-order valence-electron chi connectivity index (χ0n) is 13.9. The lowest BCUT2D eigenvalue weighted by Gasteiger charge is -2.28. The van der Waals surface area contributed by atoms with Gasteiger partial charge in [0.05, 0.1) is 12.5 Å². The number of anilines is 2. The Bertz CT molecular complexity index is 830. The number of nitrogens with zero attached hydrogens (tertiary/aromatic N) is 2. The summed E-state index contributed by atoms with van der Waals surface area (Å²) in [5.74, 6) is -0.619. The van der Waals surface area contributed by atoms with Gasteiger partial charge in [-0.1, -0.05) is 23.4 Å². The molecule has 1 aromatic carbocycles. The van der Waals surface area contributed by atoms with E-state index in [-0.39, 0.29) is 24.8 Å². The fourth-order valence-electron chi connectivity index (χ4n) is 2.80. The third kappa shape index (κ3) is 3.68. The first kappa shape index (κ1) is 16.7. The summed E-state index contributed by atoms with van der Waals surface area (Å²) in [6.07, 6.45) is 0.0598. The van der Waals surface area contributed by atoms with Gasteiger partial charge in [-0.15, -0.1) is 0 Å². The molecule has 3 rings (SSSR count). The average molecular weight is 342 g/mol. The molecule has 0 bridgehead atoms. The zero-order chi connectivity index (χ0) is 18.0. The summed E-state index contributed by atoms with van der Waals surface area (Å²) in [6, 6.07) is 8.76. The molecule has 0 fully saturated rings. The van der Waals surface area contributed by atoms with Crippen LogP contribution in [0.1, 0.15) is 23.7 Å². The maximum Gasteiger partial charge on any atom is 0.245 e. The van der Waals surface area contributed by atoms with E-state index in [4.69, 9.17) is 4.52 Å². The van der Waals surface area contributed by atoms with E-state index in [1.54, 1.807) is 25.1 Å². The van der Waals surface area contributed by atoms with Crippen LogP contribution >= 0.6 is 0 Å². The predicted molar refractivity (Wildman–Crippen MR) is 89.9 cm³/mol. The van der Waals surface area contributed by atoms with Gasteiger partial charge in [-0.3, -0.25) is 14.4 Å². The van der Waals surface area contributed by atoms with Gasteiger partial charge in [-0.25, -0.2) is 0 Å². The van der Waals surface area contributed by atoms with Crippen LogP contribution in [0.3, 0.4) is 0 Å². The lowest BCUT2D eigenvalue weighted by atomic mass is 9.89. The molecule has 25 heavy (non-hydrogen) atoms. The summed E-state index contributed by atoms with van der Waals surface area (Å²) in [5, 5.41) is 8.99. The zero-order valence-corrected chi connectivity index (χ0v) is 13.9. The Labute approximate surface area is 144 Å². The normalized spacial score (nSPS) is 15.9. The van der Waals surface area contributed by atoms with Crippen LogP contribution in [0.25, 0.3) is 0 Å². The molecule has 1 aliphatic rings. The van der Waals surface area contributed by atoms with Crippen molar-refractivity contribution < 1.29 is 18.9 Å². The second-order valence-corrected chi connectivity index (χ2v) is 5.96. The Balaban J connectivity index is 1.68. The molecular formula is C17H18N4O4. The molecule has 1 aliphatic heterocycles. The SMILES string of the molecule is Cc1cc(NC(=O)CN(C)C(=O)C2CC(=O)Nc3ccccc32)no1. The van der Waals surface area contributed by atoms with Crippen molar-refractivity contribution in [3.05, 3.63) is 41.7 Å². The van der Waals surface area contributed by atoms with Gasteiger partial charge in [0.15, 0.2) is 5.82 Å². The third-order valence-corrected chi connectivity index (χ3v) is 3.95. The second kappa shape index (κ2) is 6.76. The van der Waals surface area contributed by atoms with E-state index in [9.17, 15) is 14.4 Å². The van der Waals surface area contributed by atoms with Crippen molar-refractivity contribution in [2.75, 3.05) is 24.2 Å². The molecule has 1 atom stereocenters. The number of para-hydroxylation sites is 1. The van der Waals surface area contributed by atoms with Crippen LogP contribution in [-0.4, -0.2) is 41.4 Å². The van der Waals surface area contributed by atoms with E-state index in [1.807, 2.05) is 12.1 Å². The van der Waals surface area contributed by atoms with Crippen LogP contribution in [0.2, 0.25) is 0 Å². The van der Waals surface area contributed by atoms with Crippen LogP contribution in [-0.2, 0) is 14.4 Å². The molecule has 3 amide bonds. The quantitative estimate of drug-likeness (QED) is 0.876. The lowest BCUT2D eigenvalue weighted by molar-refractivity contribution is -0.136. The number of hydrogen-bond donors (Lipinski definition) is 2. The number of carbonyl (C=O) groups excluding carboxylic acids is 3. The third-order valence-electron chi connectivity index (χ3n) is 3.95. The van der Waals surface area contributed by atoms with E-state index in [0.717, 1.165) is 5.56 Å². The number of carbonyl (C=O) groups is 3. The van der Waals surface area contributed by atoms with Crippen LogP contribution < -0.4 is 10.6 Å². The molecule has 0 aliphatic carbocycles. The van der Waals surface area contributed by atoms with Gasteiger partial charge in [0, 0.05) is 25.2 Å². The molecule has 8 nitrogen and oxygen atoms in total. The topological polar surface area (TPSA) is 105 Å². The minimum absolute atomic E-state index is 0.0598. The standard InChI is InChI=1S/C17H18N4O4/c1-10-7-14(20-25-10)19-16(23)9-21(2)17(24)12-8-15(22)18-13-6-4-3-5-11(12)13/h3-7,12H,8-9H2,1-2H3,(H,18,22)(H,19,20,23). The molecule has 130 valence electrons. The number of benzene rings is 1. The van der Waals surface area contributed by atoms with Crippen molar-refractivity contribution in [2.24, 2.45) is 0 Å². The highest BCUT2D eigenvalue weighted by molar-refractivity contribution is 6.02. The average Bonchev–Trinajstić information content (AvgIpc) is 2.97. The lowest BCUT2D eigenvalue weighted by Crippen LogP contribution is -2.40. The van der Waals surface area contributed by atoms with Crippen molar-refractivity contribution >= 4 is 29.2 Å². The summed E-state index contributed by atoms with van der Waals surface area (Å²) in [5.41, 5.74) is 1.39. The van der Waals surface area contributed by atoms with Gasteiger partial charge in [-0.2, -0.15) is 0 Å². The van der Waals surface area contributed by atoms with Crippen molar-refractivity contribution in [2.45, 2.75) is 19.3 Å². The Kier molecular flexibility index (Phi) is 4.51. The smallest absolute Gasteiger partial charge is 0.245 e. The monoisotopic (exact) mass is 342 g/mol. The van der Waals surface area contributed by atoms with Crippen LogP contribution in [0.5, 0.6) is 0 Å². The molecule has 2 aromatic rings. The molecule has 0 radical (unpaired) electrons. The minimum atomic E-state index is -0.600. The van der Waals surface area contributed by atoms with Crippen molar-refractivity contribution in [1.82, 2.24) is 10.1 Å². The van der Waals surface area contributed by atoms with Gasteiger partial charge >= 0.3 is 0 Å². The molecule has 1 unspecified atom stereocenters.